The van der Waals surface area contributed by atoms with Gasteiger partial charge in [0, 0.05) is 8.41 Å². The standard InChI is InChI=1S/4C4H4O.B/c4*1-2-4-5-3-1;/h4*1-4H;. The first-order valence-corrected chi connectivity index (χ1v) is 5.89. The van der Waals surface area contributed by atoms with E-state index in [-0.39, 0.29) is 8.41 Å². The molecule has 107 valence electrons. The lowest BCUT2D eigenvalue weighted by Gasteiger charge is -1.50. The lowest BCUT2D eigenvalue weighted by molar-refractivity contribution is 0.567. The molecule has 5 heteroatoms. The topological polar surface area (TPSA) is 52.6 Å². The summed E-state index contributed by atoms with van der Waals surface area (Å²) in [6, 6.07) is 14.7. The van der Waals surface area contributed by atoms with Crippen LogP contribution >= 0.6 is 0 Å². The summed E-state index contributed by atoms with van der Waals surface area (Å²) >= 11 is 0. The van der Waals surface area contributed by atoms with Gasteiger partial charge in [-0.1, -0.05) is 0 Å². The molecule has 3 radical (unpaired) electrons. The molecule has 0 aliphatic carbocycles. The van der Waals surface area contributed by atoms with Crippen LogP contribution in [0.5, 0.6) is 0 Å². The van der Waals surface area contributed by atoms with Gasteiger partial charge in [0.2, 0.25) is 0 Å². The Bertz CT molecular complexity index is 351. The molecular formula is C16H16BO4. The molecule has 0 aromatic carbocycles. The zero-order valence-electron chi connectivity index (χ0n) is 11.4. The molecule has 4 heterocycles. The van der Waals surface area contributed by atoms with E-state index in [4.69, 9.17) is 0 Å². The Morgan fingerprint density at radius 3 is 0.476 bits per heavy atom. The van der Waals surface area contributed by atoms with E-state index in [9.17, 15) is 0 Å². The summed E-state index contributed by atoms with van der Waals surface area (Å²) in [7, 11) is 0. The van der Waals surface area contributed by atoms with Crippen molar-refractivity contribution in [1.29, 1.82) is 0 Å². The Labute approximate surface area is 125 Å². The smallest absolute Gasteiger partial charge is 0.0902 e. The minimum atomic E-state index is 0. The summed E-state index contributed by atoms with van der Waals surface area (Å²) in [6.45, 7) is 0. The molecular weight excluding hydrogens is 267 g/mol. The lowest BCUT2D eigenvalue weighted by Crippen LogP contribution is -1.16. The normalized spacial score (nSPS) is 7.62. The fraction of sp³-hybridized carbons (Fsp3) is 0. The van der Waals surface area contributed by atoms with Crippen molar-refractivity contribution >= 4 is 8.41 Å². The van der Waals surface area contributed by atoms with Crippen molar-refractivity contribution in [2.24, 2.45) is 0 Å². The van der Waals surface area contributed by atoms with Crippen LogP contribution in [0.25, 0.3) is 0 Å². The number of rotatable bonds is 0. The Hall–Kier alpha value is -2.82. The molecule has 0 saturated heterocycles. The second-order valence-electron chi connectivity index (χ2n) is 3.17. The fourth-order valence-corrected chi connectivity index (χ4v) is 0.907. The van der Waals surface area contributed by atoms with Gasteiger partial charge < -0.3 is 17.7 Å². The van der Waals surface area contributed by atoms with Gasteiger partial charge in [-0.25, -0.2) is 0 Å². The van der Waals surface area contributed by atoms with Crippen molar-refractivity contribution < 1.29 is 17.7 Å². The molecule has 0 atom stereocenters. The molecule has 4 aromatic rings. The van der Waals surface area contributed by atoms with Crippen LogP contribution in [0.3, 0.4) is 0 Å². The fourth-order valence-electron chi connectivity index (χ4n) is 0.907. The lowest BCUT2D eigenvalue weighted by atomic mass is 10.7. The minimum absolute atomic E-state index is 0. The summed E-state index contributed by atoms with van der Waals surface area (Å²) in [5.74, 6) is 0. The highest BCUT2D eigenvalue weighted by Crippen LogP contribution is 1.81. The zero-order valence-corrected chi connectivity index (χ0v) is 11.4. The second-order valence-corrected chi connectivity index (χ2v) is 3.17. The van der Waals surface area contributed by atoms with Gasteiger partial charge in [-0.05, 0) is 48.5 Å². The van der Waals surface area contributed by atoms with Crippen molar-refractivity contribution in [2.75, 3.05) is 0 Å². The van der Waals surface area contributed by atoms with E-state index in [1.54, 1.807) is 50.1 Å². The van der Waals surface area contributed by atoms with Gasteiger partial charge in [-0.2, -0.15) is 0 Å². The third kappa shape index (κ3) is 13.4. The van der Waals surface area contributed by atoms with Crippen molar-refractivity contribution in [2.45, 2.75) is 0 Å². The molecule has 0 aliphatic heterocycles. The van der Waals surface area contributed by atoms with Crippen LogP contribution in [-0.2, 0) is 0 Å². The Morgan fingerprint density at radius 1 is 0.286 bits per heavy atom. The summed E-state index contributed by atoms with van der Waals surface area (Å²) in [5.41, 5.74) is 0. The van der Waals surface area contributed by atoms with Gasteiger partial charge in [0.1, 0.15) is 0 Å². The second kappa shape index (κ2) is 15.2. The van der Waals surface area contributed by atoms with Gasteiger partial charge in [0.15, 0.2) is 0 Å². The van der Waals surface area contributed by atoms with Crippen LogP contribution in [-0.4, -0.2) is 8.41 Å². The molecule has 4 nitrogen and oxygen atoms in total. The minimum Gasteiger partial charge on any atom is -0.473 e. The summed E-state index contributed by atoms with van der Waals surface area (Å²) in [6.07, 6.45) is 13.0. The van der Waals surface area contributed by atoms with E-state index in [1.165, 1.54) is 0 Å². The predicted molar refractivity (Wildman–Crippen MR) is 80.6 cm³/mol. The zero-order chi connectivity index (χ0) is 14.1. The quantitative estimate of drug-likeness (QED) is 0.437. The molecule has 4 aromatic heterocycles. The average molecular weight is 283 g/mol. The molecule has 21 heavy (non-hydrogen) atoms. The Kier molecular flexibility index (Phi) is 13.2. The van der Waals surface area contributed by atoms with Crippen LogP contribution < -0.4 is 0 Å². The molecule has 0 fully saturated rings. The van der Waals surface area contributed by atoms with Crippen LogP contribution in [0.2, 0.25) is 0 Å². The van der Waals surface area contributed by atoms with Gasteiger partial charge in [0.25, 0.3) is 0 Å². The van der Waals surface area contributed by atoms with Gasteiger partial charge in [-0.3, -0.25) is 0 Å². The van der Waals surface area contributed by atoms with Gasteiger partial charge >= 0.3 is 0 Å². The number of hydrogen-bond donors (Lipinski definition) is 0. The van der Waals surface area contributed by atoms with Crippen LogP contribution in [0, 0.1) is 0 Å². The van der Waals surface area contributed by atoms with Crippen molar-refractivity contribution in [3.63, 3.8) is 0 Å². The average Bonchev–Trinajstić information content (AvgIpc) is 3.40. The Balaban J connectivity index is 0.000000250. The third-order valence-electron chi connectivity index (χ3n) is 1.70. The molecule has 0 amide bonds. The van der Waals surface area contributed by atoms with Crippen LogP contribution in [0.4, 0.5) is 0 Å². The highest BCUT2D eigenvalue weighted by Gasteiger charge is 1.60. The molecule has 0 aliphatic rings. The number of furan rings is 4. The molecule has 0 spiro atoms. The highest BCUT2D eigenvalue weighted by molar-refractivity contribution is 5.75. The first-order chi connectivity index (χ1) is 10.0. The van der Waals surface area contributed by atoms with Crippen LogP contribution in [0.1, 0.15) is 0 Å². The Morgan fingerprint density at radius 2 is 0.429 bits per heavy atom. The van der Waals surface area contributed by atoms with E-state index in [0.29, 0.717) is 0 Å². The van der Waals surface area contributed by atoms with Crippen molar-refractivity contribution in [3.05, 3.63) is 98.6 Å². The maximum Gasteiger partial charge on any atom is 0.0902 e. The highest BCUT2D eigenvalue weighted by atomic mass is 16.3. The maximum atomic E-state index is 4.58. The predicted octanol–water partition coefficient (Wildman–Crippen LogP) is 4.74. The number of hydrogen-bond acceptors (Lipinski definition) is 4. The molecule has 4 rings (SSSR count). The van der Waals surface area contributed by atoms with E-state index in [2.05, 4.69) is 17.7 Å². The molecule has 0 unspecified atom stereocenters. The van der Waals surface area contributed by atoms with E-state index >= 15 is 0 Å². The first kappa shape index (κ1) is 18.2. The monoisotopic (exact) mass is 283 g/mol. The van der Waals surface area contributed by atoms with Crippen molar-refractivity contribution in [3.8, 4) is 0 Å². The SMILES string of the molecule is [B].c1ccoc1.c1ccoc1.c1ccoc1.c1ccoc1. The molecule has 0 bridgehead atoms. The van der Waals surface area contributed by atoms with Gasteiger partial charge in [-0.15, -0.1) is 0 Å². The third-order valence-corrected chi connectivity index (χ3v) is 1.70. The van der Waals surface area contributed by atoms with Gasteiger partial charge in [0.05, 0.1) is 50.1 Å². The van der Waals surface area contributed by atoms with Crippen LogP contribution in [0.15, 0.2) is 116 Å². The first-order valence-electron chi connectivity index (χ1n) is 5.89. The molecule has 0 saturated carbocycles. The van der Waals surface area contributed by atoms with E-state index < -0.39 is 0 Å². The van der Waals surface area contributed by atoms with E-state index in [1.807, 2.05) is 48.5 Å². The molecule has 0 N–H and O–H groups in total. The summed E-state index contributed by atoms with van der Waals surface area (Å²) in [5, 5.41) is 0. The summed E-state index contributed by atoms with van der Waals surface area (Å²) < 4.78 is 18.3. The summed E-state index contributed by atoms with van der Waals surface area (Å²) in [4.78, 5) is 0. The van der Waals surface area contributed by atoms with Crippen molar-refractivity contribution in [1.82, 2.24) is 0 Å². The van der Waals surface area contributed by atoms with E-state index in [0.717, 1.165) is 0 Å². The maximum absolute atomic E-state index is 4.58. The largest absolute Gasteiger partial charge is 0.473 e.